The number of rotatable bonds is 9. The van der Waals surface area contributed by atoms with Crippen LogP contribution in [0.3, 0.4) is 0 Å². The van der Waals surface area contributed by atoms with Crippen LogP contribution in [0, 0.1) is 0 Å². The summed E-state index contributed by atoms with van der Waals surface area (Å²) >= 11 is 5.89. The van der Waals surface area contributed by atoms with Crippen molar-refractivity contribution in [2.75, 3.05) is 29.9 Å². The van der Waals surface area contributed by atoms with Gasteiger partial charge in [0.05, 0.1) is 6.20 Å². The van der Waals surface area contributed by atoms with Crippen molar-refractivity contribution in [3.8, 4) is 0 Å². The van der Waals surface area contributed by atoms with Crippen LogP contribution in [0.2, 0.25) is 5.02 Å². The van der Waals surface area contributed by atoms with Crippen molar-refractivity contribution in [1.29, 1.82) is 0 Å². The van der Waals surface area contributed by atoms with Gasteiger partial charge in [-0.1, -0.05) is 37.6 Å². The van der Waals surface area contributed by atoms with E-state index in [0.29, 0.717) is 5.95 Å². The molecule has 0 aliphatic heterocycles. The minimum Gasteiger partial charge on any atom is -0.368 e. The first-order chi connectivity index (χ1) is 11.2. The second-order valence-corrected chi connectivity index (χ2v) is 5.87. The van der Waals surface area contributed by atoms with Gasteiger partial charge in [-0.3, -0.25) is 0 Å². The fourth-order valence-corrected chi connectivity index (χ4v) is 2.48. The SMILES string of the molecule is CCCN(CCC)c1nncc(NCCc2ccc(Cl)cc2)n1. The summed E-state index contributed by atoms with van der Waals surface area (Å²) in [5.74, 6) is 1.46. The summed E-state index contributed by atoms with van der Waals surface area (Å²) in [5.41, 5.74) is 1.24. The molecule has 0 saturated heterocycles. The maximum absolute atomic E-state index is 5.89. The average molecular weight is 334 g/mol. The molecule has 0 saturated carbocycles. The summed E-state index contributed by atoms with van der Waals surface area (Å²) in [4.78, 5) is 6.75. The molecule has 0 bridgehead atoms. The van der Waals surface area contributed by atoms with Gasteiger partial charge < -0.3 is 10.2 Å². The minimum atomic E-state index is 0.699. The lowest BCUT2D eigenvalue weighted by Crippen LogP contribution is -2.27. The monoisotopic (exact) mass is 333 g/mol. The molecule has 0 aliphatic carbocycles. The quantitative estimate of drug-likeness (QED) is 0.756. The van der Waals surface area contributed by atoms with Crippen LogP contribution in [0.1, 0.15) is 32.3 Å². The normalized spacial score (nSPS) is 10.6. The summed E-state index contributed by atoms with van der Waals surface area (Å²) in [6.45, 7) is 7.00. The predicted molar refractivity (Wildman–Crippen MR) is 96.3 cm³/mol. The number of aromatic nitrogens is 3. The van der Waals surface area contributed by atoms with E-state index in [9.17, 15) is 0 Å². The Bertz CT molecular complexity index is 582. The van der Waals surface area contributed by atoms with Gasteiger partial charge in [0.2, 0.25) is 5.95 Å². The maximum atomic E-state index is 5.89. The molecule has 1 aromatic carbocycles. The molecule has 0 aliphatic rings. The van der Waals surface area contributed by atoms with E-state index >= 15 is 0 Å². The van der Waals surface area contributed by atoms with E-state index in [1.54, 1.807) is 6.20 Å². The van der Waals surface area contributed by atoms with Gasteiger partial charge in [0.15, 0.2) is 5.82 Å². The minimum absolute atomic E-state index is 0.699. The number of nitrogens with one attached hydrogen (secondary N) is 1. The van der Waals surface area contributed by atoms with Gasteiger partial charge in [0.25, 0.3) is 0 Å². The van der Waals surface area contributed by atoms with Crippen molar-refractivity contribution < 1.29 is 0 Å². The Morgan fingerprint density at radius 3 is 2.43 bits per heavy atom. The van der Waals surface area contributed by atoms with Crippen LogP contribution in [0.5, 0.6) is 0 Å². The molecule has 0 unspecified atom stereocenters. The molecule has 6 heteroatoms. The van der Waals surface area contributed by atoms with Gasteiger partial charge in [0, 0.05) is 24.7 Å². The third kappa shape index (κ3) is 5.67. The smallest absolute Gasteiger partial charge is 0.247 e. The van der Waals surface area contributed by atoms with Gasteiger partial charge in [-0.15, -0.1) is 5.10 Å². The molecule has 124 valence electrons. The van der Waals surface area contributed by atoms with Crippen molar-refractivity contribution in [3.63, 3.8) is 0 Å². The standard InChI is InChI=1S/C17H24ClN5/c1-3-11-23(12-4-2)17-21-16(13-20-22-17)19-10-9-14-5-7-15(18)8-6-14/h5-8,13H,3-4,9-12H2,1-2H3,(H,19,21,22). The van der Waals surface area contributed by atoms with E-state index in [1.165, 1.54) is 5.56 Å². The highest BCUT2D eigenvalue weighted by atomic mass is 35.5. The molecular formula is C17H24ClN5. The Hall–Kier alpha value is -1.88. The largest absolute Gasteiger partial charge is 0.368 e. The van der Waals surface area contributed by atoms with Gasteiger partial charge in [0.1, 0.15) is 0 Å². The van der Waals surface area contributed by atoms with Crippen LogP contribution >= 0.6 is 11.6 Å². The Morgan fingerprint density at radius 2 is 1.78 bits per heavy atom. The van der Waals surface area contributed by atoms with E-state index in [4.69, 9.17) is 11.6 Å². The van der Waals surface area contributed by atoms with Gasteiger partial charge in [-0.25, -0.2) is 0 Å². The van der Waals surface area contributed by atoms with Crippen molar-refractivity contribution in [3.05, 3.63) is 41.0 Å². The van der Waals surface area contributed by atoms with Crippen LogP contribution in [0.4, 0.5) is 11.8 Å². The highest BCUT2D eigenvalue weighted by Crippen LogP contribution is 2.12. The van der Waals surface area contributed by atoms with Crippen LogP contribution in [0.15, 0.2) is 30.5 Å². The number of halogens is 1. The van der Waals surface area contributed by atoms with Gasteiger partial charge in [-0.2, -0.15) is 10.1 Å². The van der Waals surface area contributed by atoms with Crippen molar-refractivity contribution in [2.45, 2.75) is 33.1 Å². The number of benzene rings is 1. The summed E-state index contributed by atoms with van der Waals surface area (Å²) < 4.78 is 0. The first kappa shape index (κ1) is 17.5. The highest BCUT2D eigenvalue weighted by molar-refractivity contribution is 6.30. The van der Waals surface area contributed by atoms with Gasteiger partial charge in [-0.05, 0) is 37.0 Å². The maximum Gasteiger partial charge on any atom is 0.247 e. The van der Waals surface area contributed by atoms with E-state index in [2.05, 4.69) is 39.2 Å². The lowest BCUT2D eigenvalue weighted by atomic mass is 10.1. The summed E-state index contributed by atoms with van der Waals surface area (Å²) in [6, 6.07) is 7.90. The van der Waals surface area contributed by atoms with Crippen LogP contribution in [-0.2, 0) is 6.42 Å². The highest BCUT2D eigenvalue weighted by Gasteiger charge is 2.09. The molecule has 1 aromatic heterocycles. The summed E-state index contributed by atoms with van der Waals surface area (Å²) in [7, 11) is 0. The first-order valence-corrected chi connectivity index (χ1v) is 8.53. The summed E-state index contributed by atoms with van der Waals surface area (Å²) in [6.07, 6.45) is 4.71. The lowest BCUT2D eigenvalue weighted by Gasteiger charge is -2.21. The van der Waals surface area contributed by atoms with E-state index < -0.39 is 0 Å². The number of nitrogens with zero attached hydrogens (tertiary/aromatic N) is 4. The van der Waals surface area contributed by atoms with Crippen LogP contribution in [0.25, 0.3) is 0 Å². The molecule has 5 nitrogen and oxygen atoms in total. The molecule has 0 amide bonds. The molecule has 2 rings (SSSR count). The first-order valence-electron chi connectivity index (χ1n) is 8.16. The Balaban J connectivity index is 1.92. The van der Waals surface area contributed by atoms with Gasteiger partial charge >= 0.3 is 0 Å². The average Bonchev–Trinajstić information content (AvgIpc) is 2.57. The molecular weight excluding hydrogens is 310 g/mol. The molecule has 1 N–H and O–H groups in total. The van der Waals surface area contributed by atoms with E-state index in [-0.39, 0.29) is 0 Å². The fraction of sp³-hybridized carbons (Fsp3) is 0.471. The molecule has 1 heterocycles. The molecule has 0 fully saturated rings. The predicted octanol–water partition coefficient (Wildman–Crippen LogP) is 3.81. The number of hydrogen-bond acceptors (Lipinski definition) is 5. The topological polar surface area (TPSA) is 53.9 Å². The zero-order valence-corrected chi connectivity index (χ0v) is 14.6. The van der Waals surface area contributed by atoms with Crippen molar-refractivity contribution in [1.82, 2.24) is 15.2 Å². The molecule has 0 spiro atoms. The second-order valence-electron chi connectivity index (χ2n) is 5.43. The van der Waals surface area contributed by atoms with Crippen molar-refractivity contribution in [2.24, 2.45) is 0 Å². The Labute approximate surface area is 143 Å². The van der Waals surface area contributed by atoms with E-state index in [1.807, 2.05) is 24.3 Å². The summed E-state index contributed by atoms with van der Waals surface area (Å²) in [5, 5.41) is 12.3. The molecule has 23 heavy (non-hydrogen) atoms. The number of anilines is 2. The molecule has 0 radical (unpaired) electrons. The zero-order chi connectivity index (χ0) is 16.5. The third-order valence-electron chi connectivity index (χ3n) is 3.45. The fourth-order valence-electron chi connectivity index (χ4n) is 2.35. The third-order valence-corrected chi connectivity index (χ3v) is 3.70. The Kier molecular flexibility index (Phi) is 7.07. The molecule has 2 aromatic rings. The van der Waals surface area contributed by atoms with Crippen LogP contribution < -0.4 is 10.2 Å². The number of hydrogen-bond donors (Lipinski definition) is 1. The van der Waals surface area contributed by atoms with E-state index in [0.717, 1.165) is 49.7 Å². The van der Waals surface area contributed by atoms with Crippen LogP contribution in [-0.4, -0.2) is 34.8 Å². The van der Waals surface area contributed by atoms with Crippen molar-refractivity contribution >= 4 is 23.4 Å². The molecule has 0 atom stereocenters. The lowest BCUT2D eigenvalue weighted by molar-refractivity contribution is 0.710. The zero-order valence-electron chi connectivity index (χ0n) is 13.8. The second kappa shape index (κ2) is 9.30. The Morgan fingerprint density at radius 1 is 1.09 bits per heavy atom.